The van der Waals surface area contributed by atoms with E-state index in [4.69, 9.17) is 9.47 Å². The standard InChI is InChI=1S/C20H21BrINO5S/c1-12(8-9-27-18(25)11-29)19(16-10-14(22)4-7-17(16)24)28-20(26)23-15-5-2-13(21)3-6-15/h2-7,10,12,19,24,29H,8-9,11H2,1H3,(H,23,26)/t12-,19-/m1/s1. The summed E-state index contributed by atoms with van der Waals surface area (Å²) < 4.78 is 12.5. The van der Waals surface area contributed by atoms with E-state index in [0.717, 1.165) is 8.04 Å². The molecule has 0 aliphatic heterocycles. The minimum atomic E-state index is -0.727. The predicted molar refractivity (Wildman–Crippen MR) is 126 cm³/mol. The van der Waals surface area contributed by atoms with Gasteiger partial charge in [-0.25, -0.2) is 4.79 Å². The van der Waals surface area contributed by atoms with Crippen LogP contribution in [0.15, 0.2) is 46.9 Å². The lowest BCUT2D eigenvalue weighted by atomic mass is 9.94. The molecular weight excluding hydrogens is 573 g/mol. The Bertz CT molecular complexity index is 849. The van der Waals surface area contributed by atoms with E-state index in [1.165, 1.54) is 0 Å². The van der Waals surface area contributed by atoms with Crippen LogP contribution in [0.2, 0.25) is 0 Å². The molecule has 0 bridgehead atoms. The molecule has 29 heavy (non-hydrogen) atoms. The first-order valence-corrected chi connectivity index (χ1v) is 11.3. The average molecular weight is 594 g/mol. The molecule has 0 fully saturated rings. The van der Waals surface area contributed by atoms with Gasteiger partial charge < -0.3 is 14.6 Å². The number of hydrogen-bond acceptors (Lipinski definition) is 6. The highest BCUT2D eigenvalue weighted by Gasteiger charge is 2.27. The van der Waals surface area contributed by atoms with Crippen molar-refractivity contribution in [3.05, 3.63) is 56.1 Å². The van der Waals surface area contributed by atoms with Gasteiger partial charge in [-0.2, -0.15) is 12.6 Å². The first kappa shape index (κ1) is 23.8. The molecule has 9 heteroatoms. The number of phenolic OH excluding ortho intramolecular Hbond substituents is 1. The molecule has 0 spiro atoms. The number of halogens is 2. The third-order valence-electron chi connectivity index (χ3n) is 4.10. The molecule has 0 unspecified atom stereocenters. The molecule has 0 aromatic heterocycles. The lowest BCUT2D eigenvalue weighted by molar-refractivity contribution is -0.141. The van der Waals surface area contributed by atoms with Crippen LogP contribution in [0.1, 0.15) is 25.0 Å². The van der Waals surface area contributed by atoms with E-state index in [9.17, 15) is 14.7 Å². The van der Waals surface area contributed by atoms with Crippen molar-refractivity contribution in [2.75, 3.05) is 17.7 Å². The molecule has 0 saturated heterocycles. The van der Waals surface area contributed by atoms with Crippen LogP contribution in [0.5, 0.6) is 5.75 Å². The van der Waals surface area contributed by atoms with Gasteiger partial charge in [0.2, 0.25) is 0 Å². The lowest BCUT2D eigenvalue weighted by Crippen LogP contribution is -2.23. The molecule has 2 atom stereocenters. The number of esters is 1. The van der Waals surface area contributed by atoms with Gasteiger partial charge in [-0.3, -0.25) is 10.1 Å². The number of aromatic hydroxyl groups is 1. The van der Waals surface area contributed by atoms with Crippen molar-refractivity contribution >= 4 is 68.9 Å². The predicted octanol–water partition coefficient (Wildman–Crippen LogP) is 5.55. The van der Waals surface area contributed by atoms with Crippen LogP contribution in [-0.2, 0) is 14.3 Å². The largest absolute Gasteiger partial charge is 0.508 e. The summed E-state index contributed by atoms with van der Waals surface area (Å²) in [4.78, 5) is 23.8. The molecule has 2 N–H and O–H groups in total. The topological polar surface area (TPSA) is 84.9 Å². The van der Waals surface area contributed by atoms with Gasteiger partial charge in [0.05, 0.1) is 12.4 Å². The summed E-state index contributed by atoms with van der Waals surface area (Å²) in [6.07, 6.45) is -0.926. The lowest BCUT2D eigenvalue weighted by Gasteiger charge is -2.25. The molecule has 2 rings (SSSR count). The van der Waals surface area contributed by atoms with Crippen molar-refractivity contribution in [3.63, 3.8) is 0 Å². The third kappa shape index (κ3) is 7.71. The van der Waals surface area contributed by atoms with Crippen LogP contribution < -0.4 is 5.32 Å². The molecule has 0 saturated carbocycles. The molecule has 1 amide bonds. The zero-order chi connectivity index (χ0) is 21.4. The number of amides is 1. The van der Waals surface area contributed by atoms with Crippen molar-refractivity contribution in [1.82, 2.24) is 0 Å². The molecule has 6 nitrogen and oxygen atoms in total. The third-order valence-corrected chi connectivity index (χ3v) is 5.56. The average Bonchev–Trinajstić information content (AvgIpc) is 2.69. The molecule has 0 heterocycles. The number of nitrogens with one attached hydrogen (secondary N) is 1. The van der Waals surface area contributed by atoms with Gasteiger partial charge in [-0.15, -0.1) is 0 Å². The van der Waals surface area contributed by atoms with Crippen LogP contribution in [0.4, 0.5) is 10.5 Å². The highest BCUT2D eigenvalue weighted by atomic mass is 127. The van der Waals surface area contributed by atoms with E-state index in [1.807, 2.05) is 6.92 Å². The Morgan fingerprint density at radius 2 is 1.93 bits per heavy atom. The fourth-order valence-electron chi connectivity index (χ4n) is 2.59. The van der Waals surface area contributed by atoms with Crippen molar-refractivity contribution in [2.45, 2.75) is 19.4 Å². The summed E-state index contributed by atoms with van der Waals surface area (Å²) in [7, 11) is 0. The zero-order valence-corrected chi connectivity index (χ0v) is 20.2. The van der Waals surface area contributed by atoms with Crippen molar-refractivity contribution in [2.24, 2.45) is 5.92 Å². The number of carbonyl (C=O) groups excluding carboxylic acids is 2. The van der Waals surface area contributed by atoms with Gasteiger partial charge in [0.15, 0.2) is 0 Å². The zero-order valence-electron chi connectivity index (χ0n) is 15.6. The first-order valence-electron chi connectivity index (χ1n) is 8.78. The smallest absolute Gasteiger partial charge is 0.412 e. The maximum absolute atomic E-state index is 12.5. The van der Waals surface area contributed by atoms with Crippen molar-refractivity contribution in [3.8, 4) is 5.75 Å². The van der Waals surface area contributed by atoms with Crippen LogP contribution in [0.25, 0.3) is 0 Å². The van der Waals surface area contributed by atoms with Gasteiger partial charge in [0, 0.05) is 25.2 Å². The number of phenols is 1. The van der Waals surface area contributed by atoms with Gasteiger partial charge >= 0.3 is 12.1 Å². The highest BCUT2D eigenvalue weighted by molar-refractivity contribution is 14.1. The van der Waals surface area contributed by atoms with E-state index in [1.54, 1.807) is 42.5 Å². The normalized spacial score (nSPS) is 12.7. The Labute approximate surface area is 197 Å². The van der Waals surface area contributed by atoms with Crippen molar-refractivity contribution in [1.29, 1.82) is 0 Å². The minimum absolute atomic E-state index is 0.00156. The Morgan fingerprint density at radius 1 is 1.24 bits per heavy atom. The quantitative estimate of drug-likeness (QED) is 0.212. The fraction of sp³-hybridized carbons (Fsp3) is 0.300. The molecule has 2 aromatic carbocycles. The second kappa shape index (κ2) is 11.7. The number of anilines is 1. The fourth-order valence-corrected chi connectivity index (χ4v) is 3.46. The van der Waals surface area contributed by atoms with Gasteiger partial charge in [0.25, 0.3) is 0 Å². The first-order chi connectivity index (χ1) is 13.8. The van der Waals surface area contributed by atoms with Crippen LogP contribution >= 0.6 is 51.1 Å². The van der Waals surface area contributed by atoms with E-state index in [2.05, 4.69) is 56.5 Å². The Morgan fingerprint density at radius 3 is 2.59 bits per heavy atom. The second-order valence-corrected chi connectivity index (χ2v) is 8.78. The van der Waals surface area contributed by atoms with E-state index < -0.39 is 18.2 Å². The Hall–Kier alpha value is -1.46. The SMILES string of the molecule is C[C@H](CCOC(=O)CS)[C@@H](OC(=O)Nc1ccc(Br)cc1)c1cc(I)ccc1O. The number of thiol groups is 1. The molecule has 156 valence electrons. The molecule has 2 aromatic rings. The second-order valence-electron chi connectivity index (χ2n) is 6.31. The minimum Gasteiger partial charge on any atom is -0.508 e. The summed E-state index contributed by atoms with van der Waals surface area (Å²) in [5, 5.41) is 13.0. The van der Waals surface area contributed by atoms with E-state index in [-0.39, 0.29) is 24.0 Å². The summed E-state index contributed by atoms with van der Waals surface area (Å²) in [6.45, 7) is 2.03. The summed E-state index contributed by atoms with van der Waals surface area (Å²) in [5.74, 6) is -0.599. The highest BCUT2D eigenvalue weighted by Crippen LogP contribution is 2.35. The van der Waals surface area contributed by atoms with E-state index in [0.29, 0.717) is 17.7 Å². The molecule has 0 radical (unpaired) electrons. The molecule has 0 aliphatic carbocycles. The van der Waals surface area contributed by atoms with Gasteiger partial charge in [-0.1, -0.05) is 22.9 Å². The summed E-state index contributed by atoms with van der Waals surface area (Å²) in [5.41, 5.74) is 1.08. The number of benzene rings is 2. The van der Waals surface area contributed by atoms with E-state index >= 15 is 0 Å². The van der Waals surface area contributed by atoms with Crippen LogP contribution in [-0.4, -0.2) is 29.5 Å². The van der Waals surface area contributed by atoms with Crippen LogP contribution in [0, 0.1) is 9.49 Å². The number of rotatable bonds is 8. The number of hydrogen-bond donors (Lipinski definition) is 3. The number of carbonyl (C=O) groups is 2. The maximum atomic E-state index is 12.5. The Balaban J connectivity index is 2.14. The van der Waals surface area contributed by atoms with Gasteiger partial charge in [0.1, 0.15) is 11.9 Å². The van der Waals surface area contributed by atoms with Crippen LogP contribution in [0.3, 0.4) is 0 Å². The summed E-state index contributed by atoms with van der Waals surface area (Å²) >= 11 is 9.34. The monoisotopic (exact) mass is 593 g/mol. The summed E-state index contributed by atoms with van der Waals surface area (Å²) in [6, 6.07) is 12.2. The Kier molecular flexibility index (Phi) is 9.57. The molecular formula is C20H21BrINO5S. The van der Waals surface area contributed by atoms with Crippen molar-refractivity contribution < 1.29 is 24.2 Å². The number of ether oxygens (including phenoxy) is 2. The molecule has 0 aliphatic rings. The van der Waals surface area contributed by atoms with Gasteiger partial charge in [-0.05, 0) is 71.5 Å². The maximum Gasteiger partial charge on any atom is 0.412 e.